The van der Waals surface area contributed by atoms with Crippen molar-refractivity contribution in [2.45, 2.75) is 44.7 Å². The van der Waals surface area contributed by atoms with Gasteiger partial charge in [0.1, 0.15) is 0 Å². The van der Waals surface area contributed by atoms with Gasteiger partial charge in [-0.05, 0) is 85.0 Å². The molecule has 1 fully saturated rings. The van der Waals surface area contributed by atoms with Gasteiger partial charge in [-0.25, -0.2) is 0 Å². The summed E-state index contributed by atoms with van der Waals surface area (Å²) in [4.78, 5) is 0. The first-order chi connectivity index (χ1) is 16.8. The lowest BCUT2D eigenvalue weighted by atomic mass is 10.0. The second-order valence-electron chi connectivity index (χ2n) is 9.18. The van der Waals surface area contributed by atoms with E-state index in [1.807, 2.05) is 0 Å². The highest BCUT2D eigenvalue weighted by atomic mass is 31.1. The van der Waals surface area contributed by atoms with E-state index >= 15 is 0 Å². The van der Waals surface area contributed by atoms with Crippen LogP contribution in [0.1, 0.15) is 39.0 Å². The van der Waals surface area contributed by atoms with Gasteiger partial charge in [-0.3, -0.25) is 0 Å². The maximum absolute atomic E-state index is 2.50. The SMILES string of the molecule is CCP(c1ccccc1)c1cccc(-c2cccc(P(c3ccccc3)C3CCCCC3)c2)c1. The summed E-state index contributed by atoms with van der Waals surface area (Å²) in [6.07, 6.45) is 8.10. The summed E-state index contributed by atoms with van der Waals surface area (Å²) in [7, 11) is -0.649. The van der Waals surface area contributed by atoms with Crippen LogP contribution >= 0.6 is 15.8 Å². The Bertz CT molecular complexity index is 1180. The third kappa shape index (κ3) is 5.35. The fraction of sp³-hybridized carbons (Fsp3) is 0.250. The smallest absolute Gasteiger partial charge is 0.0129 e. The van der Waals surface area contributed by atoms with Crippen molar-refractivity contribution in [3.8, 4) is 11.1 Å². The first-order valence-corrected chi connectivity index (χ1v) is 15.6. The maximum atomic E-state index is 2.50. The van der Waals surface area contributed by atoms with E-state index in [2.05, 4.69) is 116 Å². The largest absolute Gasteiger partial charge is 0.0622 e. The van der Waals surface area contributed by atoms with Crippen LogP contribution in [-0.4, -0.2) is 11.8 Å². The first kappa shape index (κ1) is 23.5. The molecule has 0 radical (unpaired) electrons. The Kier molecular flexibility index (Phi) is 7.90. The van der Waals surface area contributed by atoms with Crippen LogP contribution in [0.3, 0.4) is 0 Å². The first-order valence-electron chi connectivity index (χ1n) is 12.7. The van der Waals surface area contributed by atoms with Gasteiger partial charge in [0, 0.05) is 0 Å². The van der Waals surface area contributed by atoms with Gasteiger partial charge in [-0.15, -0.1) is 0 Å². The van der Waals surface area contributed by atoms with Crippen LogP contribution < -0.4 is 21.2 Å². The average molecular weight is 481 g/mol. The van der Waals surface area contributed by atoms with E-state index in [1.165, 1.54) is 70.6 Å². The van der Waals surface area contributed by atoms with Gasteiger partial charge in [0.25, 0.3) is 0 Å². The monoisotopic (exact) mass is 480 g/mol. The maximum Gasteiger partial charge on any atom is -0.0129 e. The third-order valence-electron chi connectivity index (χ3n) is 6.97. The molecule has 2 heteroatoms. The zero-order valence-electron chi connectivity index (χ0n) is 20.1. The predicted molar refractivity (Wildman–Crippen MR) is 155 cm³/mol. The van der Waals surface area contributed by atoms with Crippen molar-refractivity contribution in [2.24, 2.45) is 0 Å². The van der Waals surface area contributed by atoms with Crippen molar-refractivity contribution in [2.75, 3.05) is 6.16 Å². The normalized spacial score (nSPS) is 16.1. The minimum Gasteiger partial charge on any atom is -0.0622 e. The predicted octanol–water partition coefficient (Wildman–Crippen LogP) is 7.57. The van der Waals surface area contributed by atoms with E-state index < -0.39 is 0 Å². The summed E-state index contributed by atoms with van der Waals surface area (Å²) in [6, 6.07) is 41.2. The molecule has 0 nitrogen and oxygen atoms in total. The van der Waals surface area contributed by atoms with Gasteiger partial charge in [0.15, 0.2) is 0 Å². The minimum atomic E-state index is -0.331. The molecule has 4 aromatic carbocycles. The summed E-state index contributed by atoms with van der Waals surface area (Å²) < 4.78 is 0. The minimum absolute atomic E-state index is 0.318. The van der Waals surface area contributed by atoms with E-state index in [9.17, 15) is 0 Å². The molecule has 0 amide bonds. The zero-order chi connectivity index (χ0) is 23.2. The van der Waals surface area contributed by atoms with Crippen molar-refractivity contribution in [3.05, 3.63) is 109 Å². The van der Waals surface area contributed by atoms with Crippen LogP contribution in [0, 0.1) is 0 Å². The van der Waals surface area contributed by atoms with Crippen molar-refractivity contribution in [1.29, 1.82) is 0 Å². The fourth-order valence-electron chi connectivity index (χ4n) is 5.31. The summed E-state index contributed by atoms with van der Waals surface area (Å²) in [5.41, 5.74) is 3.51. The van der Waals surface area contributed by atoms with Crippen LogP contribution in [0.15, 0.2) is 109 Å². The molecule has 0 bridgehead atoms. The molecule has 5 rings (SSSR count). The topological polar surface area (TPSA) is 0 Å². The average Bonchev–Trinajstić information content (AvgIpc) is 2.92. The second kappa shape index (κ2) is 11.4. The van der Waals surface area contributed by atoms with Gasteiger partial charge in [-0.2, -0.15) is 0 Å². The number of hydrogen-bond donors (Lipinski definition) is 0. The van der Waals surface area contributed by atoms with Crippen molar-refractivity contribution in [1.82, 2.24) is 0 Å². The summed E-state index contributed by atoms with van der Waals surface area (Å²) in [6.45, 7) is 2.32. The number of benzene rings is 4. The lowest BCUT2D eigenvalue weighted by molar-refractivity contribution is 0.513. The van der Waals surface area contributed by atoms with Crippen LogP contribution in [0.4, 0.5) is 0 Å². The molecule has 1 saturated carbocycles. The van der Waals surface area contributed by atoms with Gasteiger partial charge in [0.05, 0.1) is 0 Å². The highest BCUT2D eigenvalue weighted by Crippen LogP contribution is 2.46. The fourth-order valence-corrected chi connectivity index (χ4v) is 10.5. The molecule has 0 spiro atoms. The van der Waals surface area contributed by atoms with Crippen LogP contribution in [0.25, 0.3) is 11.1 Å². The molecule has 0 N–H and O–H groups in total. The molecule has 2 unspecified atom stereocenters. The van der Waals surface area contributed by atoms with Crippen LogP contribution in [0.5, 0.6) is 0 Å². The number of rotatable bonds is 7. The Morgan fingerprint density at radius 1 is 0.559 bits per heavy atom. The van der Waals surface area contributed by atoms with E-state index in [0.29, 0.717) is 0 Å². The van der Waals surface area contributed by atoms with E-state index in [1.54, 1.807) is 0 Å². The molecule has 2 atom stereocenters. The van der Waals surface area contributed by atoms with Crippen LogP contribution in [-0.2, 0) is 0 Å². The molecule has 172 valence electrons. The summed E-state index contributed by atoms with van der Waals surface area (Å²) in [5.74, 6) is 0. The molecule has 0 aromatic heterocycles. The molecule has 1 aliphatic rings. The summed E-state index contributed by atoms with van der Waals surface area (Å²) >= 11 is 0. The molecular formula is C32H34P2. The lowest BCUT2D eigenvalue weighted by Gasteiger charge is -2.31. The molecule has 0 saturated heterocycles. The molecule has 0 aliphatic heterocycles. The van der Waals surface area contributed by atoms with Crippen LogP contribution in [0.2, 0.25) is 0 Å². The molecular weight excluding hydrogens is 446 g/mol. The summed E-state index contributed by atoms with van der Waals surface area (Å²) in [5, 5.41) is 6.02. The Labute approximate surface area is 208 Å². The highest BCUT2D eigenvalue weighted by molar-refractivity contribution is 7.73. The van der Waals surface area contributed by atoms with Crippen molar-refractivity contribution >= 4 is 37.1 Å². The zero-order valence-corrected chi connectivity index (χ0v) is 21.9. The Balaban J connectivity index is 1.50. The van der Waals surface area contributed by atoms with E-state index in [4.69, 9.17) is 0 Å². The van der Waals surface area contributed by atoms with E-state index in [0.717, 1.165) is 5.66 Å². The van der Waals surface area contributed by atoms with Gasteiger partial charge >= 0.3 is 0 Å². The standard InChI is InChI=1S/C32H34P2/c1-2-33(28-16-6-3-7-17-28)31-22-12-14-26(24-31)27-15-13-23-32(25-27)34(29-18-8-4-9-19-29)30-20-10-5-11-21-30/h3-4,6-9,12-19,22-25,30H,2,5,10-11,20-21H2,1H3. The molecule has 1 aliphatic carbocycles. The van der Waals surface area contributed by atoms with Gasteiger partial charge in [-0.1, -0.05) is 123 Å². The van der Waals surface area contributed by atoms with Crippen molar-refractivity contribution in [3.63, 3.8) is 0 Å². The lowest BCUT2D eigenvalue weighted by Crippen LogP contribution is -2.23. The third-order valence-corrected chi connectivity index (χ3v) is 12.4. The molecule has 4 aromatic rings. The van der Waals surface area contributed by atoms with E-state index in [-0.39, 0.29) is 15.8 Å². The second-order valence-corrected chi connectivity index (χ2v) is 14.2. The van der Waals surface area contributed by atoms with Gasteiger partial charge in [0.2, 0.25) is 0 Å². The van der Waals surface area contributed by atoms with Gasteiger partial charge < -0.3 is 0 Å². The Morgan fingerprint density at radius 3 is 1.71 bits per heavy atom. The quantitative estimate of drug-likeness (QED) is 0.239. The highest BCUT2D eigenvalue weighted by Gasteiger charge is 2.26. The molecule has 34 heavy (non-hydrogen) atoms. The molecule has 0 heterocycles. The Hall–Kier alpha value is -2.26. The Morgan fingerprint density at radius 2 is 1.09 bits per heavy atom. The van der Waals surface area contributed by atoms with Crippen molar-refractivity contribution < 1.29 is 0 Å². The number of hydrogen-bond acceptors (Lipinski definition) is 0.